The van der Waals surface area contributed by atoms with Crippen molar-refractivity contribution in [1.29, 1.82) is 0 Å². The molecule has 0 spiro atoms. The first-order valence-electron chi connectivity index (χ1n) is 8.81. The smallest absolute Gasteiger partial charge is 0.151 e. The van der Waals surface area contributed by atoms with Crippen molar-refractivity contribution in [3.05, 3.63) is 48.7 Å². The van der Waals surface area contributed by atoms with Crippen molar-refractivity contribution in [2.24, 2.45) is 0 Å². The number of aromatic nitrogens is 2. The van der Waals surface area contributed by atoms with Gasteiger partial charge in [0.25, 0.3) is 0 Å². The van der Waals surface area contributed by atoms with Gasteiger partial charge in [0.15, 0.2) is 5.82 Å². The minimum absolute atomic E-state index is 0.299. The third-order valence-corrected chi connectivity index (χ3v) is 4.46. The van der Waals surface area contributed by atoms with Crippen molar-refractivity contribution < 1.29 is 9.84 Å². The molecule has 6 nitrogen and oxygen atoms in total. The summed E-state index contributed by atoms with van der Waals surface area (Å²) >= 11 is 0. The van der Waals surface area contributed by atoms with E-state index in [1.807, 2.05) is 49.5 Å². The summed E-state index contributed by atoms with van der Waals surface area (Å²) in [7, 11) is 2.04. The standard InChI is InChI=1S/C19H26N4O2/c1-22(14-17(24)15-25-18-8-3-2-4-9-18)13-16-7-6-12-23(16)19-10-5-11-20-21-19/h2-5,8-11,16-17,24H,6-7,12-15H2,1H3. The van der Waals surface area contributed by atoms with Crippen LogP contribution in [0.1, 0.15) is 12.8 Å². The van der Waals surface area contributed by atoms with E-state index in [0.717, 1.165) is 37.5 Å². The molecular formula is C19H26N4O2. The Bertz CT molecular complexity index is 626. The Balaban J connectivity index is 1.46. The Morgan fingerprint density at radius 1 is 1.28 bits per heavy atom. The lowest BCUT2D eigenvalue weighted by Gasteiger charge is -2.30. The van der Waals surface area contributed by atoms with E-state index in [9.17, 15) is 5.11 Å². The normalized spacial score (nSPS) is 18.5. The first kappa shape index (κ1) is 17.6. The lowest BCUT2D eigenvalue weighted by molar-refractivity contribution is 0.0748. The van der Waals surface area contributed by atoms with Crippen LogP contribution in [-0.4, -0.2) is 65.6 Å². The lowest BCUT2D eigenvalue weighted by Crippen LogP contribution is -2.42. The molecule has 1 aliphatic heterocycles. The molecule has 3 rings (SSSR count). The molecule has 2 heterocycles. The van der Waals surface area contributed by atoms with Gasteiger partial charge in [-0.2, -0.15) is 5.10 Å². The van der Waals surface area contributed by atoms with Crippen LogP contribution >= 0.6 is 0 Å². The fourth-order valence-electron chi connectivity index (χ4n) is 3.33. The maximum atomic E-state index is 10.2. The van der Waals surface area contributed by atoms with Crippen LogP contribution in [0.5, 0.6) is 5.75 Å². The predicted octanol–water partition coefficient (Wildman–Crippen LogP) is 1.82. The number of likely N-dealkylation sites (N-methyl/N-ethyl adjacent to an activating group) is 1. The Kier molecular flexibility index (Phi) is 6.19. The van der Waals surface area contributed by atoms with Gasteiger partial charge in [-0.15, -0.1) is 5.10 Å². The van der Waals surface area contributed by atoms with Crippen LogP contribution in [0, 0.1) is 0 Å². The van der Waals surface area contributed by atoms with Crippen molar-refractivity contribution in [2.75, 3.05) is 38.2 Å². The van der Waals surface area contributed by atoms with Crippen LogP contribution < -0.4 is 9.64 Å². The summed E-state index contributed by atoms with van der Waals surface area (Å²) in [6.07, 6.45) is 3.48. The van der Waals surface area contributed by atoms with E-state index in [0.29, 0.717) is 19.2 Å². The molecule has 1 fully saturated rings. The van der Waals surface area contributed by atoms with Gasteiger partial charge in [-0.05, 0) is 44.2 Å². The van der Waals surface area contributed by atoms with Gasteiger partial charge in [-0.25, -0.2) is 0 Å². The molecule has 1 saturated heterocycles. The molecule has 0 saturated carbocycles. The third-order valence-electron chi connectivity index (χ3n) is 4.46. The van der Waals surface area contributed by atoms with E-state index in [2.05, 4.69) is 20.0 Å². The molecule has 0 bridgehead atoms. The number of anilines is 1. The number of rotatable bonds is 8. The summed E-state index contributed by atoms with van der Waals surface area (Å²) in [5.41, 5.74) is 0. The fraction of sp³-hybridized carbons (Fsp3) is 0.474. The average molecular weight is 342 g/mol. The lowest BCUT2D eigenvalue weighted by atomic mass is 10.2. The average Bonchev–Trinajstić information content (AvgIpc) is 3.09. The summed E-state index contributed by atoms with van der Waals surface area (Å²) < 4.78 is 5.62. The Labute approximate surface area is 149 Å². The number of hydrogen-bond donors (Lipinski definition) is 1. The van der Waals surface area contributed by atoms with Crippen LogP contribution in [0.15, 0.2) is 48.7 Å². The molecule has 6 heteroatoms. The first-order valence-corrected chi connectivity index (χ1v) is 8.81. The topological polar surface area (TPSA) is 61.7 Å². The highest BCUT2D eigenvalue weighted by molar-refractivity contribution is 5.39. The first-order chi connectivity index (χ1) is 12.2. The SMILES string of the molecule is CN(CC(O)COc1ccccc1)CC1CCCN1c1cccnn1. The molecule has 2 unspecified atom stereocenters. The summed E-state index contributed by atoms with van der Waals surface area (Å²) in [6.45, 7) is 2.78. The molecule has 25 heavy (non-hydrogen) atoms. The van der Waals surface area contributed by atoms with Crippen LogP contribution in [0.3, 0.4) is 0 Å². The molecule has 0 aliphatic carbocycles. The van der Waals surface area contributed by atoms with Crippen LogP contribution in [0.2, 0.25) is 0 Å². The molecule has 134 valence electrons. The van der Waals surface area contributed by atoms with Gasteiger partial charge in [0.05, 0.1) is 0 Å². The quantitative estimate of drug-likeness (QED) is 0.790. The summed E-state index contributed by atoms with van der Waals surface area (Å²) in [5.74, 6) is 1.72. The molecule has 1 aliphatic rings. The molecule has 2 atom stereocenters. The van der Waals surface area contributed by atoms with Gasteiger partial charge >= 0.3 is 0 Å². The number of aliphatic hydroxyl groups excluding tert-OH is 1. The zero-order valence-corrected chi connectivity index (χ0v) is 14.7. The predicted molar refractivity (Wildman–Crippen MR) is 97.8 cm³/mol. The Hall–Kier alpha value is -2.18. The van der Waals surface area contributed by atoms with E-state index in [1.165, 1.54) is 0 Å². The maximum absolute atomic E-state index is 10.2. The molecule has 1 aromatic heterocycles. The van der Waals surface area contributed by atoms with Gasteiger partial charge in [-0.1, -0.05) is 18.2 Å². The number of aliphatic hydroxyl groups is 1. The monoisotopic (exact) mass is 342 g/mol. The van der Waals surface area contributed by atoms with Gasteiger partial charge in [0.1, 0.15) is 18.5 Å². The second-order valence-corrected chi connectivity index (χ2v) is 6.57. The van der Waals surface area contributed by atoms with Crippen molar-refractivity contribution in [3.8, 4) is 5.75 Å². The minimum Gasteiger partial charge on any atom is -0.491 e. The molecule has 0 radical (unpaired) electrons. The number of para-hydroxylation sites is 1. The summed E-state index contributed by atoms with van der Waals surface area (Å²) in [6, 6.07) is 13.9. The third kappa shape index (κ3) is 5.14. The van der Waals surface area contributed by atoms with E-state index < -0.39 is 6.10 Å². The molecule has 1 aromatic carbocycles. The van der Waals surface area contributed by atoms with E-state index in [4.69, 9.17) is 4.74 Å². The maximum Gasteiger partial charge on any atom is 0.151 e. The summed E-state index contributed by atoms with van der Waals surface area (Å²) in [5, 5.41) is 18.4. The highest BCUT2D eigenvalue weighted by Crippen LogP contribution is 2.23. The summed E-state index contributed by atoms with van der Waals surface area (Å²) in [4.78, 5) is 4.48. The molecular weight excluding hydrogens is 316 g/mol. The van der Waals surface area contributed by atoms with E-state index >= 15 is 0 Å². The van der Waals surface area contributed by atoms with Gasteiger partial charge < -0.3 is 19.6 Å². The highest BCUT2D eigenvalue weighted by Gasteiger charge is 2.27. The second-order valence-electron chi connectivity index (χ2n) is 6.57. The van der Waals surface area contributed by atoms with E-state index in [-0.39, 0.29) is 0 Å². The Morgan fingerprint density at radius 2 is 2.12 bits per heavy atom. The van der Waals surface area contributed by atoms with Gasteiger partial charge in [0, 0.05) is 31.9 Å². The van der Waals surface area contributed by atoms with Crippen LogP contribution in [-0.2, 0) is 0 Å². The Morgan fingerprint density at radius 3 is 2.88 bits per heavy atom. The van der Waals surface area contributed by atoms with Crippen molar-refractivity contribution >= 4 is 5.82 Å². The molecule has 2 aromatic rings. The fourth-order valence-corrected chi connectivity index (χ4v) is 3.33. The number of hydrogen-bond acceptors (Lipinski definition) is 6. The van der Waals surface area contributed by atoms with Gasteiger partial charge in [-0.3, -0.25) is 0 Å². The zero-order chi connectivity index (χ0) is 17.5. The van der Waals surface area contributed by atoms with Crippen molar-refractivity contribution in [3.63, 3.8) is 0 Å². The van der Waals surface area contributed by atoms with E-state index in [1.54, 1.807) is 6.20 Å². The number of ether oxygens (including phenoxy) is 1. The number of benzene rings is 1. The van der Waals surface area contributed by atoms with Gasteiger partial charge in [0.2, 0.25) is 0 Å². The largest absolute Gasteiger partial charge is 0.491 e. The number of nitrogens with zero attached hydrogens (tertiary/aromatic N) is 4. The molecule has 1 N–H and O–H groups in total. The van der Waals surface area contributed by atoms with Crippen LogP contribution in [0.4, 0.5) is 5.82 Å². The zero-order valence-electron chi connectivity index (χ0n) is 14.7. The minimum atomic E-state index is -0.517. The van der Waals surface area contributed by atoms with Crippen molar-refractivity contribution in [2.45, 2.75) is 25.0 Å². The second kappa shape index (κ2) is 8.78. The highest BCUT2D eigenvalue weighted by atomic mass is 16.5. The van der Waals surface area contributed by atoms with Crippen molar-refractivity contribution in [1.82, 2.24) is 15.1 Å². The van der Waals surface area contributed by atoms with Crippen LogP contribution in [0.25, 0.3) is 0 Å². The molecule has 0 amide bonds.